The number of methoxy groups -OCH3 is 1. The summed E-state index contributed by atoms with van der Waals surface area (Å²) in [6.07, 6.45) is 0.901. The van der Waals surface area contributed by atoms with Gasteiger partial charge in [0.15, 0.2) is 0 Å². The zero-order valence-electron chi connectivity index (χ0n) is 8.85. The van der Waals surface area contributed by atoms with Crippen LogP contribution in [0.3, 0.4) is 0 Å². The lowest BCUT2D eigenvalue weighted by molar-refractivity contribution is 0.0601. The minimum atomic E-state index is -0.237. The van der Waals surface area contributed by atoms with Gasteiger partial charge in [0.1, 0.15) is 5.00 Å². The van der Waals surface area contributed by atoms with Crippen molar-refractivity contribution in [1.29, 1.82) is 0 Å². The molecular formula is C10H14N2O2S. The number of rotatable bonds is 2. The van der Waals surface area contributed by atoms with Crippen LogP contribution in [0.15, 0.2) is 0 Å². The number of esters is 1. The fraction of sp³-hybridized carbons (Fsp3) is 0.500. The van der Waals surface area contributed by atoms with Crippen molar-refractivity contribution in [2.75, 3.05) is 26.0 Å². The normalized spacial score (nSPS) is 14.5. The van der Waals surface area contributed by atoms with E-state index in [-0.39, 0.29) is 5.97 Å². The van der Waals surface area contributed by atoms with E-state index >= 15 is 0 Å². The summed E-state index contributed by atoms with van der Waals surface area (Å²) in [5, 5.41) is 7.26. The van der Waals surface area contributed by atoms with Crippen molar-refractivity contribution in [3.8, 4) is 0 Å². The number of carbonyl (C=O) groups is 1. The number of carbonyl (C=O) groups excluding carboxylic acids is 1. The highest BCUT2D eigenvalue weighted by molar-refractivity contribution is 7.16. The van der Waals surface area contributed by atoms with Gasteiger partial charge in [-0.15, -0.1) is 11.3 Å². The molecule has 0 unspecified atom stereocenters. The SMILES string of the molecule is CNc1sc2c(c1C(=O)OC)CCNC2. The van der Waals surface area contributed by atoms with Gasteiger partial charge in [0, 0.05) is 18.5 Å². The number of thiophene rings is 1. The minimum Gasteiger partial charge on any atom is -0.465 e. The van der Waals surface area contributed by atoms with Crippen LogP contribution in [0.1, 0.15) is 20.8 Å². The van der Waals surface area contributed by atoms with Gasteiger partial charge in [-0.25, -0.2) is 4.79 Å². The summed E-state index contributed by atoms with van der Waals surface area (Å²) < 4.78 is 4.81. The maximum atomic E-state index is 11.7. The van der Waals surface area contributed by atoms with Gasteiger partial charge >= 0.3 is 5.97 Å². The maximum Gasteiger partial charge on any atom is 0.341 e. The highest BCUT2D eigenvalue weighted by Crippen LogP contribution is 2.35. The standard InChI is InChI=1S/C10H14N2O2S/c1-11-9-8(10(13)14-2)6-3-4-12-5-7(6)15-9/h11-12H,3-5H2,1-2H3. The first-order valence-corrected chi connectivity index (χ1v) is 5.71. The number of ether oxygens (including phenoxy) is 1. The molecule has 0 fully saturated rings. The van der Waals surface area contributed by atoms with E-state index in [4.69, 9.17) is 4.74 Å². The molecule has 0 atom stereocenters. The topological polar surface area (TPSA) is 50.4 Å². The number of hydrogen-bond donors (Lipinski definition) is 2. The van der Waals surface area contributed by atoms with Crippen LogP contribution in [-0.4, -0.2) is 26.7 Å². The summed E-state index contributed by atoms with van der Waals surface area (Å²) in [5.41, 5.74) is 1.87. The van der Waals surface area contributed by atoms with E-state index in [9.17, 15) is 4.79 Å². The molecule has 0 amide bonds. The summed E-state index contributed by atoms with van der Waals surface area (Å²) in [4.78, 5) is 12.9. The van der Waals surface area contributed by atoms with E-state index in [0.29, 0.717) is 0 Å². The molecule has 0 radical (unpaired) electrons. The van der Waals surface area contributed by atoms with E-state index < -0.39 is 0 Å². The predicted octanol–water partition coefficient (Wildman–Crippen LogP) is 1.22. The summed E-state index contributed by atoms with van der Waals surface area (Å²) >= 11 is 1.63. The van der Waals surface area contributed by atoms with E-state index in [1.54, 1.807) is 11.3 Å². The molecule has 0 aromatic carbocycles. The largest absolute Gasteiger partial charge is 0.465 e. The monoisotopic (exact) mass is 226 g/mol. The molecule has 2 N–H and O–H groups in total. The smallest absolute Gasteiger partial charge is 0.341 e. The Morgan fingerprint density at radius 1 is 1.60 bits per heavy atom. The first kappa shape index (κ1) is 10.4. The second-order valence-electron chi connectivity index (χ2n) is 3.38. The predicted molar refractivity (Wildman–Crippen MR) is 60.6 cm³/mol. The Balaban J connectivity index is 2.49. The molecule has 0 bridgehead atoms. The lowest BCUT2D eigenvalue weighted by atomic mass is 10.0. The molecule has 0 saturated carbocycles. The maximum absolute atomic E-state index is 11.7. The molecule has 0 aliphatic carbocycles. The van der Waals surface area contributed by atoms with E-state index in [0.717, 1.165) is 35.6 Å². The van der Waals surface area contributed by atoms with Crippen molar-refractivity contribution < 1.29 is 9.53 Å². The summed E-state index contributed by atoms with van der Waals surface area (Å²) in [6, 6.07) is 0. The highest BCUT2D eigenvalue weighted by Gasteiger charge is 2.24. The van der Waals surface area contributed by atoms with Gasteiger partial charge in [0.2, 0.25) is 0 Å². The lowest BCUT2D eigenvalue weighted by Gasteiger charge is -2.13. The molecule has 2 rings (SSSR count). The third kappa shape index (κ3) is 1.72. The van der Waals surface area contributed by atoms with Crippen molar-refractivity contribution in [2.24, 2.45) is 0 Å². The second-order valence-corrected chi connectivity index (χ2v) is 4.48. The van der Waals surface area contributed by atoms with Crippen molar-refractivity contribution in [1.82, 2.24) is 5.32 Å². The Morgan fingerprint density at radius 3 is 3.07 bits per heavy atom. The average molecular weight is 226 g/mol. The molecule has 4 nitrogen and oxygen atoms in total. The Hall–Kier alpha value is -1.07. The number of fused-ring (bicyclic) bond motifs is 1. The van der Waals surface area contributed by atoms with Gasteiger partial charge in [-0.1, -0.05) is 0 Å². The Labute approximate surface area is 92.6 Å². The number of hydrogen-bond acceptors (Lipinski definition) is 5. The Kier molecular flexibility index (Phi) is 2.93. The Bertz CT molecular complexity index is 387. The number of nitrogens with one attached hydrogen (secondary N) is 2. The third-order valence-corrected chi connectivity index (χ3v) is 3.79. The van der Waals surface area contributed by atoms with Crippen LogP contribution in [0.5, 0.6) is 0 Å². The molecule has 0 spiro atoms. The lowest BCUT2D eigenvalue weighted by Crippen LogP contribution is -2.23. The summed E-state index contributed by atoms with van der Waals surface area (Å²) in [7, 11) is 3.25. The molecule has 82 valence electrons. The molecule has 0 saturated heterocycles. The quantitative estimate of drug-likeness (QED) is 0.745. The van der Waals surface area contributed by atoms with Gasteiger partial charge in [0.25, 0.3) is 0 Å². The van der Waals surface area contributed by atoms with Gasteiger partial charge in [0.05, 0.1) is 12.7 Å². The van der Waals surface area contributed by atoms with Crippen molar-refractivity contribution in [2.45, 2.75) is 13.0 Å². The van der Waals surface area contributed by atoms with E-state index in [1.807, 2.05) is 7.05 Å². The number of anilines is 1. The van der Waals surface area contributed by atoms with Crippen LogP contribution in [-0.2, 0) is 17.7 Å². The van der Waals surface area contributed by atoms with E-state index in [1.165, 1.54) is 12.0 Å². The zero-order chi connectivity index (χ0) is 10.8. The average Bonchev–Trinajstić information content (AvgIpc) is 2.66. The van der Waals surface area contributed by atoms with Gasteiger partial charge in [-0.3, -0.25) is 0 Å². The fourth-order valence-corrected chi connectivity index (χ4v) is 2.99. The van der Waals surface area contributed by atoms with Crippen LogP contribution in [0, 0.1) is 0 Å². The molecule has 2 heterocycles. The first-order chi connectivity index (χ1) is 7.27. The third-order valence-electron chi connectivity index (χ3n) is 2.54. The minimum absolute atomic E-state index is 0.237. The second kappa shape index (κ2) is 4.20. The first-order valence-electron chi connectivity index (χ1n) is 4.89. The van der Waals surface area contributed by atoms with Gasteiger partial charge in [-0.2, -0.15) is 0 Å². The van der Waals surface area contributed by atoms with Crippen LogP contribution in [0.4, 0.5) is 5.00 Å². The zero-order valence-corrected chi connectivity index (χ0v) is 9.66. The molecule has 15 heavy (non-hydrogen) atoms. The summed E-state index contributed by atoms with van der Waals surface area (Å²) in [5.74, 6) is -0.237. The van der Waals surface area contributed by atoms with Crippen LogP contribution < -0.4 is 10.6 Å². The van der Waals surface area contributed by atoms with Crippen molar-refractivity contribution in [3.05, 3.63) is 16.0 Å². The highest BCUT2D eigenvalue weighted by atomic mass is 32.1. The summed E-state index contributed by atoms with van der Waals surface area (Å²) in [6.45, 7) is 1.78. The van der Waals surface area contributed by atoms with E-state index in [2.05, 4.69) is 10.6 Å². The van der Waals surface area contributed by atoms with Crippen LogP contribution in [0.2, 0.25) is 0 Å². The molecule has 5 heteroatoms. The molecule has 1 aromatic heterocycles. The van der Waals surface area contributed by atoms with Crippen molar-refractivity contribution >= 4 is 22.3 Å². The molecule has 1 aliphatic rings. The van der Waals surface area contributed by atoms with Gasteiger partial charge < -0.3 is 15.4 Å². The van der Waals surface area contributed by atoms with Gasteiger partial charge in [-0.05, 0) is 18.5 Å². The fourth-order valence-electron chi connectivity index (χ4n) is 1.83. The molecule has 1 aromatic rings. The Morgan fingerprint density at radius 2 is 2.40 bits per heavy atom. The molecule has 1 aliphatic heterocycles. The van der Waals surface area contributed by atoms with Crippen molar-refractivity contribution in [3.63, 3.8) is 0 Å². The van der Waals surface area contributed by atoms with Crippen LogP contribution >= 0.6 is 11.3 Å². The molecular weight excluding hydrogens is 212 g/mol. The van der Waals surface area contributed by atoms with Crippen LogP contribution in [0.25, 0.3) is 0 Å².